The third-order valence-corrected chi connectivity index (χ3v) is 4.34. The van der Waals surface area contributed by atoms with Crippen molar-refractivity contribution in [2.75, 3.05) is 11.5 Å². The van der Waals surface area contributed by atoms with Gasteiger partial charge in [-0.1, -0.05) is 43.1 Å². The fourth-order valence-corrected chi connectivity index (χ4v) is 2.85. The van der Waals surface area contributed by atoms with Gasteiger partial charge >= 0.3 is 5.97 Å². The van der Waals surface area contributed by atoms with Crippen LogP contribution in [0.3, 0.4) is 0 Å². The van der Waals surface area contributed by atoms with Crippen LogP contribution < -0.4 is 9.64 Å². The van der Waals surface area contributed by atoms with E-state index in [-0.39, 0.29) is 5.91 Å². The molecule has 5 nitrogen and oxygen atoms in total. The molecule has 1 aliphatic heterocycles. The third-order valence-electron chi connectivity index (χ3n) is 4.10. The van der Waals surface area contributed by atoms with Gasteiger partial charge < -0.3 is 14.4 Å². The SMILES string of the molecule is CCCCOC(=O)/C=C\C(=O)N1Cc2ccccc2Oc2ccc(Cl)cc21. The lowest BCUT2D eigenvalue weighted by Gasteiger charge is -2.20. The van der Waals surface area contributed by atoms with Crippen molar-refractivity contribution in [2.24, 2.45) is 0 Å². The molecule has 0 fully saturated rings. The monoisotopic (exact) mass is 385 g/mol. The van der Waals surface area contributed by atoms with Crippen molar-refractivity contribution >= 4 is 29.2 Å². The number of esters is 1. The number of unbranched alkanes of at least 4 members (excludes halogenated alkanes) is 1. The van der Waals surface area contributed by atoms with Gasteiger partial charge in [0.25, 0.3) is 5.91 Å². The summed E-state index contributed by atoms with van der Waals surface area (Å²) in [5.41, 5.74) is 1.41. The summed E-state index contributed by atoms with van der Waals surface area (Å²) in [5, 5.41) is 0.490. The zero-order valence-electron chi connectivity index (χ0n) is 15.0. The number of halogens is 1. The fraction of sp³-hybridized carbons (Fsp3) is 0.238. The minimum Gasteiger partial charge on any atom is -0.463 e. The number of carbonyl (C=O) groups is 2. The quantitative estimate of drug-likeness (QED) is 0.418. The van der Waals surface area contributed by atoms with Crippen molar-refractivity contribution < 1.29 is 19.1 Å². The molecule has 1 aliphatic rings. The molecule has 0 saturated heterocycles. The van der Waals surface area contributed by atoms with E-state index in [1.54, 1.807) is 18.2 Å². The molecular weight excluding hydrogens is 366 g/mol. The molecule has 2 aromatic rings. The first-order valence-corrected chi connectivity index (χ1v) is 9.18. The number of fused-ring (bicyclic) bond motifs is 2. The molecule has 0 bridgehead atoms. The van der Waals surface area contributed by atoms with E-state index >= 15 is 0 Å². The van der Waals surface area contributed by atoms with Gasteiger partial charge in [0.2, 0.25) is 0 Å². The van der Waals surface area contributed by atoms with Gasteiger partial charge in [0.1, 0.15) is 5.75 Å². The Morgan fingerprint density at radius 3 is 2.81 bits per heavy atom. The fourth-order valence-electron chi connectivity index (χ4n) is 2.69. The number of hydrogen-bond donors (Lipinski definition) is 0. The molecule has 0 aliphatic carbocycles. The second-order valence-corrected chi connectivity index (χ2v) is 6.54. The molecule has 0 N–H and O–H groups in total. The Morgan fingerprint density at radius 2 is 2.00 bits per heavy atom. The van der Waals surface area contributed by atoms with Crippen molar-refractivity contribution in [3.8, 4) is 11.5 Å². The highest BCUT2D eigenvalue weighted by Gasteiger charge is 2.24. The summed E-state index contributed by atoms with van der Waals surface area (Å²) in [4.78, 5) is 26.1. The van der Waals surface area contributed by atoms with Crippen LogP contribution in [-0.4, -0.2) is 18.5 Å². The van der Waals surface area contributed by atoms with Crippen molar-refractivity contribution in [2.45, 2.75) is 26.3 Å². The molecule has 0 aromatic heterocycles. The van der Waals surface area contributed by atoms with Gasteiger partial charge in [-0.15, -0.1) is 0 Å². The molecule has 0 saturated carbocycles. The molecule has 0 unspecified atom stereocenters. The van der Waals surface area contributed by atoms with Crippen LogP contribution in [0.25, 0.3) is 0 Å². The topological polar surface area (TPSA) is 55.8 Å². The maximum absolute atomic E-state index is 12.8. The molecule has 27 heavy (non-hydrogen) atoms. The Balaban J connectivity index is 1.86. The Bertz CT molecular complexity index is 878. The number of ether oxygens (including phenoxy) is 2. The van der Waals surface area contributed by atoms with E-state index in [9.17, 15) is 9.59 Å². The summed E-state index contributed by atoms with van der Waals surface area (Å²) >= 11 is 6.12. The number of nitrogens with zero attached hydrogens (tertiary/aromatic N) is 1. The molecule has 0 spiro atoms. The Hall–Kier alpha value is -2.79. The molecule has 1 heterocycles. The van der Waals surface area contributed by atoms with Crippen LogP contribution >= 0.6 is 11.6 Å². The summed E-state index contributed by atoms with van der Waals surface area (Å²) in [6.07, 6.45) is 4.09. The lowest BCUT2D eigenvalue weighted by atomic mass is 10.2. The maximum atomic E-state index is 12.8. The van der Waals surface area contributed by atoms with Gasteiger partial charge in [-0.2, -0.15) is 0 Å². The summed E-state index contributed by atoms with van der Waals surface area (Å²) in [6.45, 7) is 2.66. The first-order chi connectivity index (χ1) is 13.1. The maximum Gasteiger partial charge on any atom is 0.330 e. The third kappa shape index (κ3) is 4.68. The van der Waals surface area contributed by atoms with E-state index in [0.29, 0.717) is 35.4 Å². The lowest BCUT2D eigenvalue weighted by molar-refractivity contribution is -0.138. The van der Waals surface area contributed by atoms with E-state index in [1.165, 1.54) is 11.0 Å². The van der Waals surface area contributed by atoms with Crippen LogP contribution in [0.15, 0.2) is 54.6 Å². The minimum atomic E-state index is -0.533. The molecule has 3 rings (SSSR count). The number of carbonyl (C=O) groups excluding carboxylic acids is 2. The largest absolute Gasteiger partial charge is 0.463 e. The Morgan fingerprint density at radius 1 is 1.19 bits per heavy atom. The normalized spacial score (nSPS) is 12.7. The Labute approximate surface area is 163 Å². The van der Waals surface area contributed by atoms with Gasteiger partial charge in [0, 0.05) is 22.7 Å². The lowest BCUT2D eigenvalue weighted by Crippen LogP contribution is -2.28. The molecule has 0 radical (unpaired) electrons. The summed E-state index contributed by atoms with van der Waals surface area (Å²) in [7, 11) is 0. The first kappa shape index (κ1) is 19.0. The average molecular weight is 386 g/mol. The number of para-hydroxylation sites is 1. The van der Waals surface area contributed by atoms with E-state index in [0.717, 1.165) is 24.5 Å². The average Bonchev–Trinajstić information content (AvgIpc) is 2.83. The Kier molecular flexibility index (Phi) is 6.14. The van der Waals surface area contributed by atoms with Gasteiger partial charge in [-0.3, -0.25) is 4.79 Å². The summed E-state index contributed by atoms with van der Waals surface area (Å²) < 4.78 is 11.0. The highest BCUT2D eigenvalue weighted by atomic mass is 35.5. The van der Waals surface area contributed by atoms with Crippen LogP contribution in [0.4, 0.5) is 5.69 Å². The summed E-state index contributed by atoms with van der Waals surface area (Å²) in [5.74, 6) is 0.316. The predicted octanol–water partition coefficient (Wildman–Crippen LogP) is 4.88. The number of benzene rings is 2. The number of hydrogen-bond acceptors (Lipinski definition) is 4. The molecule has 1 amide bonds. The smallest absolute Gasteiger partial charge is 0.330 e. The molecule has 2 aromatic carbocycles. The van der Waals surface area contributed by atoms with Crippen LogP contribution in [0, 0.1) is 0 Å². The number of anilines is 1. The van der Waals surface area contributed by atoms with E-state index in [2.05, 4.69) is 0 Å². The first-order valence-electron chi connectivity index (χ1n) is 8.80. The number of amides is 1. The standard InChI is InChI=1S/C21H20ClNO4/c1-2-3-12-26-21(25)11-10-20(24)23-14-15-6-4-5-7-18(15)27-19-9-8-16(22)13-17(19)23/h4-11,13H,2-3,12,14H2,1H3/b11-10-. The molecule has 0 atom stereocenters. The van der Waals surface area contributed by atoms with Gasteiger partial charge in [-0.25, -0.2) is 4.79 Å². The zero-order valence-corrected chi connectivity index (χ0v) is 15.7. The van der Waals surface area contributed by atoms with Crippen molar-refractivity contribution in [3.63, 3.8) is 0 Å². The highest BCUT2D eigenvalue weighted by molar-refractivity contribution is 6.31. The van der Waals surface area contributed by atoms with Crippen LogP contribution in [-0.2, 0) is 20.9 Å². The second-order valence-electron chi connectivity index (χ2n) is 6.10. The van der Waals surface area contributed by atoms with Crippen LogP contribution in [0.1, 0.15) is 25.3 Å². The minimum absolute atomic E-state index is 0.303. The van der Waals surface area contributed by atoms with Crippen LogP contribution in [0.5, 0.6) is 11.5 Å². The second kappa shape index (κ2) is 8.73. The van der Waals surface area contributed by atoms with Crippen molar-refractivity contribution in [1.29, 1.82) is 0 Å². The van der Waals surface area contributed by atoms with E-state index in [1.807, 2.05) is 31.2 Å². The highest BCUT2D eigenvalue weighted by Crippen LogP contribution is 2.40. The van der Waals surface area contributed by atoms with Crippen molar-refractivity contribution in [1.82, 2.24) is 0 Å². The van der Waals surface area contributed by atoms with Gasteiger partial charge in [0.15, 0.2) is 5.75 Å². The summed E-state index contributed by atoms with van der Waals surface area (Å²) in [6, 6.07) is 12.6. The van der Waals surface area contributed by atoms with E-state index < -0.39 is 5.97 Å². The predicted molar refractivity (Wildman–Crippen MR) is 104 cm³/mol. The van der Waals surface area contributed by atoms with Crippen molar-refractivity contribution in [3.05, 3.63) is 65.2 Å². The van der Waals surface area contributed by atoms with Crippen LogP contribution in [0.2, 0.25) is 5.02 Å². The molecule has 6 heteroatoms. The van der Waals surface area contributed by atoms with Gasteiger partial charge in [0.05, 0.1) is 18.8 Å². The van der Waals surface area contributed by atoms with Gasteiger partial charge in [-0.05, 0) is 30.7 Å². The molecular formula is C21H20ClNO4. The zero-order chi connectivity index (χ0) is 19.2. The number of rotatable bonds is 5. The molecule has 140 valence electrons. The van der Waals surface area contributed by atoms with E-state index in [4.69, 9.17) is 21.1 Å².